The van der Waals surface area contributed by atoms with Gasteiger partial charge in [-0.15, -0.1) is 10.2 Å². The van der Waals surface area contributed by atoms with Crippen LogP contribution >= 0.6 is 23.1 Å². The Hall–Kier alpha value is -0.290. The van der Waals surface area contributed by atoms with E-state index in [1.807, 2.05) is 11.8 Å². The molecule has 0 amide bonds. The van der Waals surface area contributed by atoms with Crippen molar-refractivity contribution in [3.63, 3.8) is 0 Å². The SMILES string of the molecule is CCNc1nnc(CSCC)s1. The van der Waals surface area contributed by atoms with Crippen LogP contribution in [0.2, 0.25) is 0 Å². The summed E-state index contributed by atoms with van der Waals surface area (Å²) >= 11 is 3.52. The second-order valence-electron chi connectivity index (χ2n) is 2.17. The van der Waals surface area contributed by atoms with Gasteiger partial charge in [0, 0.05) is 12.3 Å². The second-order valence-corrected chi connectivity index (χ2v) is 4.50. The largest absolute Gasteiger partial charge is 0.360 e. The van der Waals surface area contributed by atoms with Crippen molar-refractivity contribution in [2.24, 2.45) is 0 Å². The molecule has 0 aliphatic heterocycles. The normalized spacial score (nSPS) is 10.2. The predicted molar refractivity (Wildman–Crippen MR) is 55.9 cm³/mol. The topological polar surface area (TPSA) is 37.8 Å². The van der Waals surface area contributed by atoms with Gasteiger partial charge in [-0.25, -0.2) is 0 Å². The van der Waals surface area contributed by atoms with E-state index in [9.17, 15) is 0 Å². The molecule has 0 unspecified atom stereocenters. The molecule has 5 heteroatoms. The van der Waals surface area contributed by atoms with E-state index in [1.165, 1.54) is 0 Å². The van der Waals surface area contributed by atoms with Crippen LogP contribution in [0.3, 0.4) is 0 Å². The van der Waals surface area contributed by atoms with E-state index in [0.717, 1.165) is 28.2 Å². The quantitative estimate of drug-likeness (QED) is 0.796. The first-order valence-electron chi connectivity index (χ1n) is 4.00. The molecule has 0 saturated carbocycles. The lowest BCUT2D eigenvalue weighted by molar-refractivity contribution is 1.03. The summed E-state index contributed by atoms with van der Waals surface area (Å²) in [4.78, 5) is 0. The highest BCUT2D eigenvalue weighted by atomic mass is 32.2. The second kappa shape index (κ2) is 5.37. The number of nitrogens with zero attached hydrogens (tertiary/aromatic N) is 2. The Morgan fingerprint density at radius 1 is 1.42 bits per heavy atom. The van der Waals surface area contributed by atoms with Crippen LogP contribution in [0.15, 0.2) is 0 Å². The molecule has 0 aliphatic rings. The molecular formula is C7H13N3S2. The van der Waals surface area contributed by atoms with Crippen molar-refractivity contribution in [1.29, 1.82) is 0 Å². The zero-order chi connectivity index (χ0) is 8.81. The summed E-state index contributed by atoms with van der Waals surface area (Å²) < 4.78 is 0. The summed E-state index contributed by atoms with van der Waals surface area (Å²) in [5.74, 6) is 2.12. The summed E-state index contributed by atoms with van der Waals surface area (Å²) in [6.45, 7) is 5.12. The van der Waals surface area contributed by atoms with Gasteiger partial charge in [-0.3, -0.25) is 0 Å². The van der Waals surface area contributed by atoms with Gasteiger partial charge >= 0.3 is 0 Å². The number of aromatic nitrogens is 2. The molecule has 0 aromatic carbocycles. The lowest BCUT2D eigenvalue weighted by Crippen LogP contribution is -1.94. The molecule has 0 saturated heterocycles. The third kappa shape index (κ3) is 2.98. The predicted octanol–water partition coefficient (Wildman–Crippen LogP) is 2.22. The van der Waals surface area contributed by atoms with Crippen LogP contribution < -0.4 is 5.32 Å². The van der Waals surface area contributed by atoms with Crippen LogP contribution in [0.4, 0.5) is 5.13 Å². The van der Waals surface area contributed by atoms with Crippen LogP contribution in [0.25, 0.3) is 0 Å². The molecule has 0 fully saturated rings. The molecule has 1 aromatic heterocycles. The minimum absolute atomic E-state index is 0.912. The summed E-state index contributed by atoms with van der Waals surface area (Å²) in [5, 5.41) is 13.2. The molecule has 1 rings (SSSR count). The number of nitrogens with one attached hydrogen (secondary N) is 1. The van der Waals surface area contributed by atoms with E-state index in [0.29, 0.717) is 0 Å². The van der Waals surface area contributed by atoms with Gasteiger partial charge in [0.25, 0.3) is 0 Å². The fourth-order valence-corrected chi connectivity index (χ4v) is 2.25. The molecule has 0 bridgehead atoms. The van der Waals surface area contributed by atoms with Crippen LogP contribution in [-0.2, 0) is 5.75 Å². The zero-order valence-electron chi connectivity index (χ0n) is 7.33. The fraction of sp³-hybridized carbons (Fsp3) is 0.714. The Balaban J connectivity index is 2.41. The first kappa shape index (κ1) is 9.80. The highest BCUT2D eigenvalue weighted by Gasteiger charge is 2.01. The van der Waals surface area contributed by atoms with Crippen molar-refractivity contribution in [2.75, 3.05) is 17.6 Å². The molecule has 12 heavy (non-hydrogen) atoms. The highest BCUT2D eigenvalue weighted by Crippen LogP contribution is 2.19. The smallest absolute Gasteiger partial charge is 0.205 e. The Labute approximate surface area is 81.0 Å². The molecule has 3 nitrogen and oxygen atoms in total. The number of anilines is 1. The third-order valence-electron chi connectivity index (χ3n) is 1.22. The first-order chi connectivity index (χ1) is 5.86. The van der Waals surface area contributed by atoms with Crippen molar-refractivity contribution in [3.05, 3.63) is 5.01 Å². The van der Waals surface area contributed by atoms with E-state index in [1.54, 1.807) is 11.3 Å². The van der Waals surface area contributed by atoms with Gasteiger partial charge in [-0.05, 0) is 12.7 Å². The molecule has 0 spiro atoms. The van der Waals surface area contributed by atoms with Crippen molar-refractivity contribution in [2.45, 2.75) is 19.6 Å². The van der Waals surface area contributed by atoms with E-state index >= 15 is 0 Å². The van der Waals surface area contributed by atoms with E-state index in [-0.39, 0.29) is 0 Å². The summed E-state index contributed by atoms with van der Waals surface area (Å²) in [6, 6.07) is 0. The number of thioether (sulfide) groups is 1. The van der Waals surface area contributed by atoms with E-state index in [4.69, 9.17) is 0 Å². The minimum Gasteiger partial charge on any atom is -0.360 e. The van der Waals surface area contributed by atoms with Crippen LogP contribution in [-0.4, -0.2) is 22.5 Å². The molecule has 1 aromatic rings. The molecule has 1 N–H and O–H groups in total. The summed E-state index contributed by atoms with van der Waals surface area (Å²) in [5.41, 5.74) is 0. The van der Waals surface area contributed by atoms with Gasteiger partial charge in [0.05, 0.1) is 0 Å². The maximum atomic E-state index is 4.06. The summed E-state index contributed by atoms with van der Waals surface area (Å²) in [7, 11) is 0. The summed E-state index contributed by atoms with van der Waals surface area (Å²) in [6.07, 6.45) is 0. The van der Waals surface area contributed by atoms with Gasteiger partial charge in [-0.1, -0.05) is 18.3 Å². The van der Waals surface area contributed by atoms with Crippen LogP contribution in [0, 0.1) is 0 Å². The highest BCUT2D eigenvalue weighted by molar-refractivity contribution is 7.98. The Morgan fingerprint density at radius 2 is 2.25 bits per heavy atom. The fourth-order valence-electron chi connectivity index (χ4n) is 0.724. The van der Waals surface area contributed by atoms with E-state index in [2.05, 4.69) is 29.4 Å². The molecule has 0 atom stereocenters. The Bertz CT molecular complexity index is 224. The minimum atomic E-state index is 0.912. The lowest BCUT2D eigenvalue weighted by Gasteiger charge is -1.92. The van der Waals surface area contributed by atoms with Gasteiger partial charge < -0.3 is 5.32 Å². The molecule has 1 heterocycles. The molecule has 0 aliphatic carbocycles. The van der Waals surface area contributed by atoms with Crippen LogP contribution in [0.5, 0.6) is 0 Å². The zero-order valence-corrected chi connectivity index (χ0v) is 8.97. The molecule has 0 radical (unpaired) electrons. The van der Waals surface area contributed by atoms with Crippen LogP contribution in [0.1, 0.15) is 18.9 Å². The molecular weight excluding hydrogens is 190 g/mol. The van der Waals surface area contributed by atoms with Gasteiger partial charge in [0.2, 0.25) is 5.13 Å². The monoisotopic (exact) mass is 203 g/mol. The average molecular weight is 203 g/mol. The molecule has 68 valence electrons. The Kier molecular flexibility index (Phi) is 4.39. The maximum Gasteiger partial charge on any atom is 0.205 e. The number of rotatable bonds is 5. The standard InChI is InChI=1S/C7H13N3S2/c1-3-8-7-10-9-6(12-7)5-11-4-2/h3-5H2,1-2H3,(H,8,10). The van der Waals surface area contributed by atoms with Gasteiger partial charge in [0.1, 0.15) is 5.01 Å². The van der Waals surface area contributed by atoms with Crippen molar-refractivity contribution >= 4 is 28.2 Å². The van der Waals surface area contributed by atoms with Crippen molar-refractivity contribution in [3.8, 4) is 0 Å². The van der Waals surface area contributed by atoms with Gasteiger partial charge in [0.15, 0.2) is 0 Å². The van der Waals surface area contributed by atoms with Crippen molar-refractivity contribution in [1.82, 2.24) is 10.2 Å². The first-order valence-corrected chi connectivity index (χ1v) is 5.98. The Morgan fingerprint density at radius 3 is 2.92 bits per heavy atom. The van der Waals surface area contributed by atoms with E-state index < -0.39 is 0 Å². The van der Waals surface area contributed by atoms with Gasteiger partial charge in [-0.2, -0.15) is 11.8 Å². The van der Waals surface area contributed by atoms with Crippen molar-refractivity contribution < 1.29 is 0 Å². The third-order valence-corrected chi connectivity index (χ3v) is 3.17. The lowest BCUT2D eigenvalue weighted by atomic mass is 10.8. The maximum absolute atomic E-state index is 4.06. The average Bonchev–Trinajstić information content (AvgIpc) is 2.50. The number of hydrogen-bond acceptors (Lipinski definition) is 5. The number of hydrogen-bond donors (Lipinski definition) is 1.